The van der Waals surface area contributed by atoms with Crippen molar-refractivity contribution in [1.29, 1.82) is 0 Å². The van der Waals surface area contributed by atoms with Crippen LogP contribution < -0.4 is 5.32 Å². The van der Waals surface area contributed by atoms with Gasteiger partial charge in [-0.1, -0.05) is 44.7 Å². The van der Waals surface area contributed by atoms with Crippen molar-refractivity contribution in [2.24, 2.45) is 0 Å². The van der Waals surface area contributed by atoms with E-state index in [1.807, 2.05) is 6.07 Å². The monoisotopic (exact) mass is 319 g/mol. The summed E-state index contributed by atoms with van der Waals surface area (Å²) in [5, 5.41) is 21.5. The van der Waals surface area contributed by atoms with Crippen LogP contribution in [-0.2, 0) is 11.2 Å². The fourth-order valence-electron chi connectivity index (χ4n) is 2.42. The molecule has 0 saturated carbocycles. The topological polar surface area (TPSA) is 69.6 Å². The normalized spacial score (nSPS) is 10.5. The van der Waals surface area contributed by atoms with Gasteiger partial charge >= 0.3 is 0 Å². The molecule has 0 aliphatic heterocycles. The number of aryl methyl sites for hydroxylation is 1. The third-order valence-electron chi connectivity index (χ3n) is 3.86. The van der Waals surface area contributed by atoms with Gasteiger partial charge in [0, 0.05) is 12.1 Å². The van der Waals surface area contributed by atoms with Gasteiger partial charge in [0.05, 0.1) is 0 Å². The van der Waals surface area contributed by atoms with Crippen molar-refractivity contribution in [1.82, 2.24) is 5.32 Å². The van der Waals surface area contributed by atoms with Crippen molar-refractivity contribution < 1.29 is 15.0 Å². The van der Waals surface area contributed by atoms with E-state index in [1.165, 1.54) is 31.7 Å². The van der Waals surface area contributed by atoms with Gasteiger partial charge in [-0.2, -0.15) is 0 Å². The van der Waals surface area contributed by atoms with Crippen LogP contribution in [0.25, 0.3) is 0 Å². The Morgan fingerprint density at radius 2 is 1.61 bits per heavy atom. The summed E-state index contributed by atoms with van der Waals surface area (Å²) in [6.07, 6.45) is 8.99. The van der Waals surface area contributed by atoms with E-state index in [4.69, 9.17) is 0 Å². The van der Waals surface area contributed by atoms with Gasteiger partial charge in [0.25, 0.3) is 0 Å². The summed E-state index contributed by atoms with van der Waals surface area (Å²) in [5.41, 5.74) is 1.63. The molecule has 1 aromatic carbocycles. The Hall–Kier alpha value is -1.97. The standard InChI is InChI=1S/C19H29NO3/c1-15(2)19(23)20-13-9-7-5-3-4-6-8-10-16-11-12-17(21)18(22)14-16/h11-12,14,21-22H,1,3-10,13H2,2H3,(H,20,23). The number of hydrogen-bond donors (Lipinski definition) is 3. The summed E-state index contributed by atoms with van der Waals surface area (Å²) < 4.78 is 0. The lowest BCUT2D eigenvalue weighted by molar-refractivity contribution is -0.117. The fourth-order valence-corrected chi connectivity index (χ4v) is 2.42. The van der Waals surface area contributed by atoms with Crippen LogP contribution in [0.2, 0.25) is 0 Å². The van der Waals surface area contributed by atoms with Gasteiger partial charge in [0.15, 0.2) is 11.5 Å². The highest BCUT2D eigenvalue weighted by atomic mass is 16.3. The van der Waals surface area contributed by atoms with Gasteiger partial charge < -0.3 is 15.5 Å². The molecule has 0 saturated heterocycles. The molecule has 4 nitrogen and oxygen atoms in total. The van der Waals surface area contributed by atoms with E-state index in [9.17, 15) is 15.0 Å². The molecule has 0 atom stereocenters. The number of hydrogen-bond acceptors (Lipinski definition) is 3. The first kappa shape index (κ1) is 19.1. The second-order valence-electron chi connectivity index (χ2n) is 6.08. The van der Waals surface area contributed by atoms with E-state index < -0.39 is 0 Å². The van der Waals surface area contributed by atoms with Crippen LogP contribution in [0.15, 0.2) is 30.4 Å². The molecule has 0 aliphatic rings. The van der Waals surface area contributed by atoms with Crippen LogP contribution in [0.3, 0.4) is 0 Å². The number of phenols is 2. The zero-order chi connectivity index (χ0) is 17.1. The van der Waals surface area contributed by atoms with Crippen LogP contribution >= 0.6 is 0 Å². The highest BCUT2D eigenvalue weighted by Crippen LogP contribution is 2.25. The molecule has 0 radical (unpaired) electrons. The van der Waals surface area contributed by atoms with Crippen LogP contribution in [-0.4, -0.2) is 22.7 Å². The smallest absolute Gasteiger partial charge is 0.246 e. The summed E-state index contributed by atoms with van der Waals surface area (Å²) in [4.78, 5) is 11.3. The van der Waals surface area contributed by atoms with Gasteiger partial charge in [-0.25, -0.2) is 0 Å². The van der Waals surface area contributed by atoms with E-state index in [1.54, 1.807) is 13.0 Å². The molecule has 3 N–H and O–H groups in total. The number of phenolic OH excluding ortho intramolecular Hbond substituents is 2. The molecule has 0 unspecified atom stereocenters. The molecule has 0 fully saturated rings. The summed E-state index contributed by atoms with van der Waals surface area (Å²) in [7, 11) is 0. The molecule has 0 aromatic heterocycles. The van der Waals surface area contributed by atoms with Gasteiger partial charge in [0.2, 0.25) is 5.91 Å². The second kappa shape index (κ2) is 10.7. The first-order chi connectivity index (χ1) is 11.0. The van der Waals surface area contributed by atoms with Gasteiger partial charge in [-0.05, 0) is 43.9 Å². The summed E-state index contributed by atoms with van der Waals surface area (Å²) >= 11 is 0. The number of carbonyl (C=O) groups excluding carboxylic acids is 1. The first-order valence-electron chi connectivity index (χ1n) is 8.45. The van der Waals surface area contributed by atoms with Crippen molar-refractivity contribution >= 4 is 5.91 Å². The fraction of sp³-hybridized carbons (Fsp3) is 0.526. The van der Waals surface area contributed by atoms with E-state index in [2.05, 4.69) is 11.9 Å². The molecule has 0 spiro atoms. The van der Waals surface area contributed by atoms with Crippen LogP contribution in [0.1, 0.15) is 57.4 Å². The lowest BCUT2D eigenvalue weighted by Crippen LogP contribution is -2.24. The number of carbonyl (C=O) groups is 1. The zero-order valence-corrected chi connectivity index (χ0v) is 14.1. The number of aromatic hydroxyl groups is 2. The van der Waals surface area contributed by atoms with E-state index >= 15 is 0 Å². The predicted octanol–water partition coefficient (Wildman–Crippen LogP) is 4.06. The highest BCUT2D eigenvalue weighted by molar-refractivity contribution is 5.91. The third-order valence-corrected chi connectivity index (χ3v) is 3.86. The van der Waals surface area contributed by atoms with E-state index in [0.717, 1.165) is 37.8 Å². The molecule has 128 valence electrons. The average Bonchev–Trinajstić information content (AvgIpc) is 2.52. The first-order valence-corrected chi connectivity index (χ1v) is 8.45. The van der Waals surface area contributed by atoms with Crippen molar-refractivity contribution in [2.45, 2.75) is 58.3 Å². The van der Waals surface area contributed by atoms with Crippen molar-refractivity contribution in [2.75, 3.05) is 6.54 Å². The molecule has 23 heavy (non-hydrogen) atoms. The quantitative estimate of drug-likeness (QED) is 0.327. The maximum Gasteiger partial charge on any atom is 0.246 e. The van der Waals surface area contributed by atoms with Crippen molar-refractivity contribution in [3.8, 4) is 11.5 Å². The minimum atomic E-state index is -0.0619. The lowest BCUT2D eigenvalue weighted by atomic mass is 10.0. The molecular weight excluding hydrogens is 290 g/mol. The molecular formula is C19H29NO3. The number of benzene rings is 1. The second-order valence-corrected chi connectivity index (χ2v) is 6.08. The maximum absolute atomic E-state index is 11.3. The third kappa shape index (κ3) is 8.29. The molecule has 0 heterocycles. The summed E-state index contributed by atoms with van der Waals surface area (Å²) in [5.74, 6) is -0.153. The Bertz CT molecular complexity index is 511. The summed E-state index contributed by atoms with van der Waals surface area (Å²) in [6, 6.07) is 5.03. The van der Waals surface area contributed by atoms with Crippen molar-refractivity contribution in [3.63, 3.8) is 0 Å². The Labute approximate surface area is 139 Å². The molecule has 0 aliphatic carbocycles. The summed E-state index contributed by atoms with van der Waals surface area (Å²) in [6.45, 7) is 6.05. The van der Waals surface area contributed by atoms with Crippen LogP contribution in [0, 0.1) is 0 Å². The molecule has 1 rings (SSSR count). The molecule has 0 bridgehead atoms. The largest absolute Gasteiger partial charge is 0.504 e. The van der Waals surface area contributed by atoms with Crippen LogP contribution in [0.5, 0.6) is 11.5 Å². The number of unbranched alkanes of at least 4 members (excludes halogenated alkanes) is 6. The van der Waals surface area contributed by atoms with Crippen molar-refractivity contribution in [3.05, 3.63) is 35.9 Å². The minimum Gasteiger partial charge on any atom is -0.504 e. The zero-order valence-electron chi connectivity index (χ0n) is 14.1. The number of nitrogens with one attached hydrogen (secondary N) is 1. The van der Waals surface area contributed by atoms with E-state index in [-0.39, 0.29) is 17.4 Å². The minimum absolute atomic E-state index is 0.0405. The average molecular weight is 319 g/mol. The van der Waals surface area contributed by atoms with Crippen LogP contribution in [0.4, 0.5) is 0 Å². The number of rotatable bonds is 11. The molecule has 1 amide bonds. The Morgan fingerprint density at radius 3 is 2.22 bits per heavy atom. The molecule has 4 heteroatoms. The SMILES string of the molecule is C=C(C)C(=O)NCCCCCCCCCc1ccc(O)c(O)c1. The Balaban J connectivity index is 1.94. The predicted molar refractivity (Wildman–Crippen MR) is 93.6 cm³/mol. The van der Waals surface area contributed by atoms with E-state index in [0.29, 0.717) is 5.57 Å². The highest BCUT2D eigenvalue weighted by Gasteiger charge is 2.01. The number of amides is 1. The molecule has 1 aromatic rings. The maximum atomic E-state index is 11.3. The van der Waals surface area contributed by atoms with Gasteiger partial charge in [-0.15, -0.1) is 0 Å². The van der Waals surface area contributed by atoms with Gasteiger partial charge in [-0.3, -0.25) is 4.79 Å². The Morgan fingerprint density at radius 1 is 1.00 bits per heavy atom. The Kier molecular flexibility index (Phi) is 8.88. The lowest BCUT2D eigenvalue weighted by Gasteiger charge is -2.05. The van der Waals surface area contributed by atoms with Gasteiger partial charge in [0.1, 0.15) is 0 Å².